The van der Waals surface area contributed by atoms with Gasteiger partial charge >= 0.3 is 5.97 Å². The molecule has 6 heteroatoms. The Labute approximate surface area is 202 Å². The molecule has 0 N–H and O–H groups in total. The highest BCUT2D eigenvalue weighted by Crippen LogP contribution is 2.45. The Balaban J connectivity index is 1.71. The third-order valence-corrected chi connectivity index (χ3v) is 7.58. The van der Waals surface area contributed by atoms with Crippen molar-refractivity contribution in [1.82, 2.24) is 4.98 Å². The van der Waals surface area contributed by atoms with Gasteiger partial charge in [0.25, 0.3) is 0 Å². The maximum absolute atomic E-state index is 11.7. The normalized spacial score (nSPS) is 19.5. The molecular formula is C27H34N2O3S. The number of anilines is 1. The summed E-state index contributed by atoms with van der Waals surface area (Å²) < 4.78 is 12.3. The molecule has 0 bridgehead atoms. The molecule has 1 aromatic carbocycles. The molecule has 0 amide bonds. The van der Waals surface area contributed by atoms with Gasteiger partial charge in [-0.1, -0.05) is 12.2 Å². The van der Waals surface area contributed by atoms with E-state index < -0.39 is 5.60 Å². The van der Waals surface area contributed by atoms with Crippen molar-refractivity contribution in [3.63, 3.8) is 0 Å². The van der Waals surface area contributed by atoms with Crippen LogP contribution in [-0.4, -0.2) is 28.1 Å². The fourth-order valence-corrected chi connectivity index (χ4v) is 5.08. The van der Waals surface area contributed by atoms with Gasteiger partial charge in [-0.25, -0.2) is 4.98 Å². The number of hydrogen-bond acceptors (Lipinski definition) is 5. The van der Waals surface area contributed by atoms with E-state index in [2.05, 4.69) is 30.9 Å². The van der Waals surface area contributed by atoms with E-state index in [1.54, 1.807) is 0 Å². The number of aryl methyl sites for hydroxylation is 2. The second-order valence-corrected chi connectivity index (χ2v) is 10.3. The Hall–Kier alpha value is -2.47. The molecule has 1 aliphatic heterocycles. The predicted molar refractivity (Wildman–Crippen MR) is 136 cm³/mol. The van der Waals surface area contributed by atoms with Gasteiger partial charge in [0.05, 0.1) is 0 Å². The van der Waals surface area contributed by atoms with Crippen LogP contribution < -0.4 is 14.4 Å². The SMILES string of the molecule is CC(=O)Oc1c(C)c(C)c2c(c1C)CCC(C)(C(=S)N(CC1CC1)c1cc(C)cc(C)n1)O2. The van der Waals surface area contributed by atoms with Crippen LogP contribution >= 0.6 is 12.2 Å². The summed E-state index contributed by atoms with van der Waals surface area (Å²) >= 11 is 6.14. The quantitative estimate of drug-likeness (QED) is 0.312. The zero-order chi connectivity index (χ0) is 24.1. The molecule has 2 aliphatic rings. The Bertz CT molecular complexity index is 1120. The molecule has 0 radical (unpaired) electrons. The van der Waals surface area contributed by atoms with Crippen LogP contribution in [0.4, 0.5) is 5.82 Å². The molecule has 0 saturated heterocycles. The number of benzene rings is 1. The van der Waals surface area contributed by atoms with E-state index in [1.165, 1.54) is 25.3 Å². The third-order valence-electron chi connectivity index (χ3n) is 6.93. The summed E-state index contributed by atoms with van der Waals surface area (Å²) in [6.45, 7) is 14.6. The van der Waals surface area contributed by atoms with E-state index in [0.29, 0.717) is 11.7 Å². The standard InChI is InChI=1S/C27H34N2O3S/c1-15-12-16(2)28-23(13-15)29(14-21-8-9-21)26(33)27(7)11-10-22-19(5)24(31-20(6)30)17(3)18(4)25(22)32-27/h12-13,21H,8-11,14H2,1-7H3. The lowest BCUT2D eigenvalue weighted by atomic mass is 9.86. The molecule has 2 heterocycles. The van der Waals surface area contributed by atoms with Crippen LogP contribution in [0.3, 0.4) is 0 Å². The van der Waals surface area contributed by atoms with E-state index in [0.717, 1.165) is 63.9 Å². The Kier molecular flexibility index (Phi) is 6.25. The van der Waals surface area contributed by atoms with Crippen molar-refractivity contribution in [2.45, 2.75) is 79.8 Å². The number of aromatic nitrogens is 1. The molecule has 1 aliphatic carbocycles. The Morgan fingerprint density at radius 2 is 1.88 bits per heavy atom. The molecule has 176 valence electrons. The van der Waals surface area contributed by atoms with Crippen LogP contribution in [0.1, 0.15) is 66.6 Å². The first-order valence-electron chi connectivity index (χ1n) is 11.8. The number of rotatable bonds is 5. The number of carbonyl (C=O) groups is 1. The fraction of sp³-hybridized carbons (Fsp3) is 0.519. The van der Waals surface area contributed by atoms with Crippen LogP contribution in [0.15, 0.2) is 12.1 Å². The van der Waals surface area contributed by atoms with E-state index in [1.807, 2.05) is 27.7 Å². The Morgan fingerprint density at radius 1 is 1.18 bits per heavy atom. The number of thiocarbonyl (C=S) groups is 1. The summed E-state index contributed by atoms with van der Waals surface area (Å²) in [5.74, 6) is 2.79. The lowest BCUT2D eigenvalue weighted by Crippen LogP contribution is -2.52. The van der Waals surface area contributed by atoms with Crippen LogP contribution in [0.25, 0.3) is 0 Å². The number of nitrogens with zero attached hydrogens (tertiary/aromatic N) is 2. The number of hydrogen-bond donors (Lipinski definition) is 0. The van der Waals surface area contributed by atoms with Crippen molar-refractivity contribution < 1.29 is 14.3 Å². The molecule has 1 atom stereocenters. The highest BCUT2D eigenvalue weighted by molar-refractivity contribution is 7.80. The zero-order valence-corrected chi connectivity index (χ0v) is 21.6. The van der Waals surface area contributed by atoms with Crippen molar-refractivity contribution in [3.8, 4) is 11.5 Å². The average molecular weight is 467 g/mol. The topological polar surface area (TPSA) is 51.7 Å². The number of ether oxygens (including phenoxy) is 2. The van der Waals surface area contributed by atoms with Crippen molar-refractivity contribution in [2.24, 2.45) is 5.92 Å². The summed E-state index contributed by atoms with van der Waals surface area (Å²) in [7, 11) is 0. The minimum atomic E-state index is -0.622. The van der Waals surface area contributed by atoms with E-state index in [9.17, 15) is 4.79 Å². The zero-order valence-electron chi connectivity index (χ0n) is 20.8. The maximum Gasteiger partial charge on any atom is 0.308 e. The van der Waals surface area contributed by atoms with Gasteiger partial charge in [0, 0.05) is 24.7 Å². The van der Waals surface area contributed by atoms with Gasteiger partial charge < -0.3 is 14.4 Å². The molecule has 1 saturated carbocycles. The second-order valence-electron chi connectivity index (χ2n) is 9.94. The minimum absolute atomic E-state index is 0.306. The molecule has 2 aromatic rings. The monoisotopic (exact) mass is 466 g/mol. The van der Waals surface area contributed by atoms with E-state index in [-0.39, 0.29) is 5.97 Å². The summed E-state index contributed by atoms with van der Waals surface area (Å²) in [5.41, 5.74) is 5.56. The number of esters is 1. The van der Waals surface area contributed by atoms with Gasteiger partial charge in [0.1, 0.15) is 22.3 Å². The van der Waals surface area contributed by atoms with Gasteiger partial charge in [-0.2, -0.15) is 0 Å². The van der Waals surface area contributed by atoms with Gasteiger partial charge in [0.2, 0.25) is 0 Å². The molecular weight excluding hydrogens is 432 g/mol. The van der Waals surface area contributed by atoms with Gasteiger partial charge in [-0.05, 0) is 108 Å². The largest absolute Gasteiger partial charge is 0.480 e. The molecule has 5 nitrogen and oxygen atoms in total. The highest BCUT2D eigenvalue weighted by atomic mass is 32.1. The van der Waals surface area contributed by atoms with E-state index >= 15 is 0 Å². The highest BCUT2D eigenvalue weighted by Gasteiger charge is 2.42. The second kappa shape index (κ2) is 8.71. The third kappa shape index (κ3) is 4.63. The van der Waals surface area contributed by atoms with Gasteiger partial charge in [0.15, 0.2) is 5.60 Å². The maximum atomic E-state index is 11.7. The van der Waals surface area contributed by atoms with Crippen LogP contribution in [0, 0.1) is 40.5 Å². The summed E-state index contributed by atoms with van der Waals surface area (Å²) in [6, 6.07) is 4.21. The molecule has 4 rings (SSSR count). The first-order valence-corrected chi connectivity index (χ1v) is 12.2. The number of carbonyl (C=O) groups excluding carboxylic acids is 1. The lowest BCUT2D eigenvalue weighted by Gasteiger charge is -2.42. The smallest absolute Gasteiger partial charge is 0.308 e. The number of fused-ring (bicyclic) bond motifs is 1. The van der Waals surface area contributed by atoms with Gasteiger partial charge in [-0.15, -0.1) is 0 Å². The van der Waals surface area contributed by atoms with Crippen LogP contribution in [-0.2, 0) is 11.2 Å². The summed E-state index contributed by atoms with van der Waals surface area (Å²) in [4.78, 5) is 19.5. The minimum Gasteiger partial charge on any atom is -0.480 e. The molecule has 1 fully saturated rings. The molecule has 1 aromatic heterocycles. The fourth-order valence-electron chi connectivity index (χ4n) is 4.76. The first kappa shape index (κ1) is 23.7. The predicted octanol–water partition coefficient (Wildman–Crippen LogP) is 5.88. The van der Waals surface area contributed by atoms with Gasteiger partial charge in [-0.3, -0.25) is 4.79 Å². The molecule has 33 heavy (non-hydrogen) atoms. The molecule has 1 unspecified atom stereocenters. The van der Waals surface area contributed by atoms with Crippen molar-refractivity contribution in [3.05, 3.63) is 45.6 Å². The average Bonchev–Trinajstić information content (AvgIpc) is 3.56. The van der Waals surface area contributed by atoms with Crippen molar-refractivity contribution in [2.75, 3.05) is 11.4 Å². The Morgan fingerprint density at radius 3 is 2.48 bits per heavy atom. The first-order chi connectivity index (χ1) is 15.5. The molecule has 0 spiro atoms. The lowest BCUT2D eigenvalue weighted by molar-refractivity contribution is -0.132. The summed E-state index contributed by atoms with van der Waals surface area (Å²) in [6.07, 6.45) is 4.04. The summed E-state index contributed by atoms with van der Waals surface area (Å²) in [5, 5.41) is 0. The van der Waals surface area contributed by atoms with Crippen LogP contribution in [0.5, 0.6) is 11.5 Å². The van der Waals surface area contributed by atoms with Crippen LogP contribution in [0.2, 0.25) is 0 Å². The van der Waals surface area contributed by atoms with E-state index in [4.69, 9.17) is 26.7 Å². The number of pyridine rings is 1. The van der Waals surface area contributed by atoms with Crippen molar-refractivity contribution in [1.29, 1.82) is 0 Å². The van der Waals surface area contributed by atoms with Crippen molar-refractivity contribution >= 4 is 29.0 Å².